The smallest absolute Gasteiger partial charge is 0.124 e. The standard InChI is InChI=1S/C26H29ClN2O.2ClH/c27-24-12-10-22(11-13-24)20-30-26-9-5-4-8-23(26)18-28-25-14-16-29(17-15-25)19-21-6-2-1-3-7-21;;/h1-13,25,28H,14-20H2;2*1H. The van der Waals surface area contributed by atoms with Crippen molar-refractivity contribution >= 4 is 36.4 Å². The van der Waals surface area contributed by atoms with Gasteiger partial charge in [-0.05, 0) is 55.3 Å². The Morgan fingerprint density at radius 1 is 0.812 bits per heavy atom. The first-order valence-corrected chi connectivity index (χ1v) is 11.1. The Bertz CT molecular complexity index is 914. The van der Waals surface area contributed by atoms with E-state index in [4.69, 9.17) is 16.3 Å². The van der Waals surface area contributed by atoms with Gasteiger partial charge >= 0.3 is 0 Å². The third kappa shape index (κ3) is 7.99. The summed E-state index contributed by atoms with van der Waals surface area (Å²) in [5, 5.41) is 4.49. The SMILES string of the molecule is Cl.Cl.Clc1ccc(COc2ccccc2CNC2CCN(Cc3ccccc3)CC2)cc1. The van der Waals surface area contributed by atoms with E-state index in [1.54, 1.807) is 0 Å². The first-order valence-electron chi connectivity index (χ1n) is 10.7. The molecule has 1 fully saturated rings. The molecule has 0 bridgehead atoms. The summed E-state index contributed by atoms with van der Waals surface area (Å²) in [5.74, 6) is 0.946. The molecular formula is C26H31Cl3N2O. The highest BCUT2D eigenvalue weighted by molar-refractivity contribution is 6.30. The molecule has 0 aromatic heterocycles. The molecule has 1 saturated heterocycles. The summed E-state index contributed by atoms with van der Waals surface area (Å²) in [6.07, 6.45) is 2.36. The Labute approximate surface area is 208 Å². The molecule has 1 aliphatic rings. The monoisotopic (exact) mass is 492 g/mol. The van der Waals surface area contributed by atoms with E-state index >= 15 is 0 Å². The summed E-state index contributed by atoms with van der Waals surface area (Å²) >= 11 is 5.97. The molecule has 0 radical (unpaired) electrons. The molecule has 6 heteroatoms. The fourth-order valence-corrected chi connectivity index (χ4v) is 4.05. The Kier molecular flexibility index (Phi) is 11.4. The first-order chi connectivity index (χ1) is 14.8. The molecule has 172 valence electrons. The number of para-hydroxylation sites is 1. The second-order valence-electron chi connectivity index (χ2n) is 7.94. The van der Waals surface area contributed by atoms with Crippen LogP contribution in [0.4, 0.5) is 0 Å². The summed E-state index contributed by atoms with van der Waals surface area (Å²) in [4.78, 5) is 2.55. The van der Waals surface area contributed by atoms with Crippen molar-refractivity contribution in [2.75, 3.05) is 13.1 Å². The number of likely N-dealkylation sites (tertiary alicyclic amines) is 1. The van der Waals surface area contributed by atoms with Crippen LogP contribution in [0.1, 0.15) is 29.5 Å². The summed E-state index contributed by atoms with van der Waals surface area (Å²) in [6.45, 7) is 4.71. The van der Waals surface area contributed by atoms with Gasteiger partial charge < -0.3 is 10.1 Å². The molecule has 0 unspecified atom stereocenters. The van der Waals surface area contributed by atoms with Gasteiger partial charge in [0.1, 0.15) is 12.4 Å². The van der Waals surface area contributed by atoms with Gasteiger partial charge in [-0.3, -0.25) is 4.90 Å². The number of benzene rings is 3. The molecule has 0 saturated carbocycles. The minimum absolute atomic E-state index is 0. The van der Waals surface area contributed by atoms with Crippen LogP contribution in [0.2, 0.25) is 5.02 Å². The van der Waals surface area contributed by atoms with Crippen LogP contribution in [0.3, 0.4) is 0 Å². The molecule has 3 aromatic carbocycles. The van der Waals surface area contributed by atoms with E-state index in [-0.39, 0.29) is 24.8 Å². The summed E-state index contributed by atoms with van der Waals surface area (Å²) in [7, 11) is 0. The zero-order valence-corrected chi connectivity index (χ0v) is 20.5. The van der Waals surface area contributed by atoms with Crippen LogP contribution in [0.25, 0.3) is 0 Å². The van der Waals surface area contributed by atoms with Crippen LogP contribution >= 0.6 is 36.4 Å². The van der Waals surface area contributed by atoms with Crippen molar-refractivity contribution in [3.8, 4) is 5.75 Å². The van der Waals surface area contributed by atoms with Crippen LogP contribution in [-0.2, 0) is 19.7 Å². The molecule has 3 nitrogen and oxygen atoms in total. The molecular weight excluding hydrogens is 463 g/mol. The van der Waals surface area contributed by atoms with Crippen molar-refractivity contribution in [1.82, 2.24) is 10.2 Å². The maximum absolute atomic E-state index is 6.10. The quantitative estimate of drug-likeness (QED) is 0.387. The molecule has 1 aliphatic heterocycles. The maximum atomic E-state index is 6.10. The van der Waals surface area contributed by atoms with Crippen molar-refractivity contribution in [3.63, 3.8) is 0 Å². The van der Waals surface area contributed by atoms with Crippen molar-refractivity contribution in [2.24, 2.45) is 0 Å². The zero-order chi connectivity index (χ0) is 20.6. The largest absolute Gasteiger partial charge is 0.489 e. The number of nitrogens with one attached hydrogen (secondary N) is 1. The van der Waals surface area contributed by atoms with E-state index in [9.17, 15) is 0 Å². The molecule has 3 aromatic rings. The van der Waals surface area contributed by atoms with E-state index in [1.165, 1.54) is 24.0 Å². The lowest BCUT2D eigenvalue weighted by Gasteiger charge is -2.32. The fraction of sp³-hybridized carbons (Fsp3) is 0.308. The highest BCUT2D eigenvalue weighted by atomic mass is 35.5. The normalized spacial score (nSPS) is 14.3. The molecule has 0 amide bonds. The number of hydrogen-bond donors (Lipinski definition) is 1. The summed E-state index contributed by atoms with van der Waals surface area (Å²) in [5.41, 5.74) is 3.72. The molecule has 1 heterocycles. The number of piperidine rings is 1. The Hall–Kier alpha value is -1.75. The number of rotatable bonds is 8. The van der Waals surface area contributed by atoms with E-state index in [0.717, 1.165) is 42.5 Å². The van der Waals surface area contributed by atoms with Gasteiger partial charge in [0.15, 0.2) is 0 Å². The van der Waals surface area contributed by atoms with Gasteiger partial charge in [0.2, 0.25) is 0 Å². The Balaban J connectivity index is 0.00000181. The average Bonchev–Trinajstić information content (AvgIpc) is 2.79. The molecule has 0 aliphatic carbocycles. The van der Waals surface area contributed by atoms with Crippen LogP contribution in [0.5, 0.6) is 5.75 Å². The Morgan fingerprint density at radius 2 is 1.47 bits per heavy atom. The second-order valence-corrected chi connectivity index (χ2v) is 8.38. The minimum Gasteiger partial charge on any atom is -0.489 e. The van der Waals surface area contributed by atoms with Gasteiger partial charge in [-0.2, -0.15) is 0 Å². The van der Waals surface area contributed by atoms with Crippen molar-refractivity contribution in [2.45, 2.75) is 38.6 Å². The topological polar surface area (TPSA) is 24.5 Å². The van der Waals surface area contributed by atoms with Crippen molar-refractivity contribution in [3.05, 3.63) is 101 Å². The van der Waals surface area contributed by atoms with Gasteiger partial charge in [-0.1, -0.05) is 72.3 Å². The summed E-state index contributed by atoms with van der Waals surface area (Å²) in [6, 6.07) is 27.4. The van der Waals surface area contributed by atoms with Gasteiger partial charge in [0.25, 0.3) is 0 Å². The molecule has 1 N–H and O–H groups in total. The van der Waals surface area contributed by atoms with Crippen molar-refractivity contribution in [1.29, 1.82) is 0 Å². The van der Waals surface area contributed by atoms with E-state index < -0.39 is 0 Å². The highest BCUT2D eigenvalue weighted by Gasteiger charge is 2.19. The highest BCUT2D eigenvalue weighted by Crippen LogP contribution is 2.21. The number of ether oxygens (including phenoxy) is 1. The van der Waals surface area contributed by atoms with Gasteiger partial charge in [0.05, 0.1) is 0 Å². The average molecular weight is 494 g/mol. The zero-order valence-electron chi connectivity index (χ0n) is 18.1. The lowest BCUT2D eigenvalue weighted by molar-refractivity contribution is 0.189. The lowest BCUT2D eigenvalue weighted by Crippen LogP contribution is -2.41. The predicted octanol–water partition coefficient (Wildman–Crippen LogP) is 6.52. The third-order valence-electron chi connectivity index (χ3n) is 5.70. The van der Waals surface area contributed by atoms with Crippen LogP contribution in [-0.4, -0.2) is 24.0 Å². The van der Waals surface area contributed by atoms with Crippen LogP contribution < -0.4 is 10.1 Å². The van der Waals surface area contributed by atoms with Gasteiger partial charge in [-0.15, -0.1) is 24.8 Å². The lowest BCUT2D eigenvalue weighted by atomic mass is 10.0. The Morgan fingerprint density at radius 3 is 2.19 bits per heavy atom. The molecule has 32 heavy (non-hydrogen) atoms. The predicted molar refractivity (Wildman–Crippen MR) is 138 cm³/mol. The van der Waals surface area contributed by atoms with Crippen molar-refractivity contribution < 1.29 is 4.74 Å². The second kappa shape index (κ2) is 13.7. The summed E-state index contributed by atoms with van der Waals surface area (Å²) < 4.78 is 6.10. The van der Waals surface area contributed by atoms with E-state index in [1.807, 2.05) is 30.3 Å². The molecule has 0 spiro atoms. The minimum atomic E-state index is 0. The molecule has 4 rings (SSSR count). The van der Waals surface area contributed by atoms with Crippen LogP contribution in [0, 0.1) is 0 Å². The van der Waals surface area contributed by atoms with Gasteiger partial charge in [-0.25, -0.2) is 0 Å². The molecule has 0 atom stereocenters. The fourth-order valence-electron chi connectivity index (χ4n) is 3.92. The number of hydrogen-bond acceptors (Lipinski definition) is 3. The first kappa shape index (κ1) is 26.5. The van der Waals surface area contributed by atoms with E-state index in [2.05, 4.69) is 58.7 Å². The number of nitrogens with zero attached hydrogens (tertiary/aromatic N) is 1. The van der Waals surface area contributed by atoms with Gasteiger partial charge in [0, 0.05) is 29.7 Å². The van der Waals surface area contributed by atoms with Crippen LogP contribution in [0.15, 0.2) is 78.9 Å². The third-order valence-corrected chi connectivity index (χ3v) is 5.95. The maximum Gasteiger partial charge on any atom is 0.124 e. The number of halogens is 3. The van der Waals surface area contributed by atoms with E-state index in [0.29, 0.717) is 12.6 Å².